The van der Waals surface area contributed by atoms with Crippen LogP contribution in [0.15, 0.2) is 45.0 Å². The average Bonchev–Trinajstić information content (AvgIpc) is 2.65. The molecule has 0 atom stereocenters. The summed E-state index contributed by atoms with van der Waals surface area (Å²) < 4.78 is 10.8. The maximum atomic E-state index is 5.91. The fourth-order valence-corrected chi connectivity index (χ4v) is 4.78. The zero-order valence-corrected chi connectivity index (χ0v) is 16.5. The third kappa shape index (κ3) is 2.04. The monoisotopic (exact) mass is 558 g/mol. The van der Waals surface area contributed by atoms with Crippen LogP contribution in [0.1, 0.15) is 0 Å². The van der Waals surface area contributed by atoms with Crippen LogP contribution in [-0.4, -0.2) is 0 Å². The molecule has 0 saturated carbocycles. The average molecular weight is 563 g/mol. The van der Waals surface area contributed by atoms with Gasteiger partial charge in [0.25, 0.3) is 0 Å². The van der Waals surface area contributed by atoms with E-state index in [1.807, 2.05) is 12.1 Å². The van der Waals surface area contributed by atoms with Crippen LogP contribution in [0.3, 0.4) is 0 Å². The van der Waals surface area contributed by atoms with E-state index < -0.39 is 0 Å². The minimum absolute atomic E-state index is 0.839. The molecule has 0 aliphatic rings. The Bertz CT molecular complexity index is 790. The molecule has 0 spiro atoms. The summed E-state index contributed by atoms with van der Waals surface area (Å²) in [4.78, 5) is 0. The molecule has 0 amide bonds. The lowest BCUT2D eigenvalue weighted by molar-refractivity contribution is 0.666. The van der Waals surface area contributed by atoms with Crippen molar-refractivity contribution in [1.29, 1.82) is 0 Å². The summed E-state index contributed by atoms with van der Waals surface area (Å²) in [6.45, 7) is 0. The molecule has 1 aromatic heterocycles. The number of halogens is 5. The topological polar surface area (TPSA) is 13.1 Å². The summed E-state index contributed by atoms with van der Waals surface area (Å²) in [6.07, 6.45) is 0. The van der Waals surface area contributed by atoms with Crippen LogP contribution >= 0.6 is 79.6 Å². The van der Waals surface area contributed by atoms with Crippen molar-refractivity contribution in [2.24, 2.45) is 0 Å². The third-order valence-corrected chi connectivity index (χ3v) is 6.97. The summed E-state index contributed by atoms with van der Waals surface area (Å²) in [6, 6.07) is 5.99. The Morgan fingerprint density at radius 2 is 1.50 bits per heavy atom. The van der Waals surface area contributed by atoms with E-state index in [4.69, 9.17) is 4.42 Å². The Hall–Kier alpha value is 0.640. The quantitative estimate of drug-likeness (QED) is 0.260. The SMILES string of the molecule is Brc1cc(Br)c2oc3cc(Br)c(Br)c(Br)c3c2c1. The number of furan rings is 1. The van der Waals surface area contributed by atoms with Crippen LogP contribution in [0.2, 0.25) is 0 Å². The van der Waals surface area contributed by atoms with E-state index in [1.165, 1.54) is 0 Å². The highest BCUT2D eigenvalue weighted by molar-refractivity contribution is 9.14. The first-order valence-electron chi connectivity index (χ1n) is 4.84. The molecule has 0 fully saturated rings. The summed E-state index contributed by atoms with van der Waals surface area (Å²) >= 11 is 17.7. The summed E-state index contributed by atoms with van der Waals surface area (Å²) in [5.74, 6) is 0. The summed E-state index contributed by atoms with van der Waals surface area (Å²) in [5, 5.41) is 2.12. The van der Waals surface area contributed by atoms with Gasteiger partial charge in [-0.1, -0.05) is 15.9 Å². The van der Waals surface area contributed by atoms with Gasteiger partial charge < -0.3 is 4.42 Å². The van der Waals surface area contributed by atoms with Crippen molar-refractivity contribution in [3.63, 3.8) is 0 Å². The minimum Gasteiger partial charge on any atom is -0.455 e. The fourth-order valence-electron chi connectivity index (χ4n) is 1.86. The van der Waals surface area contributed by atoms with Crippen molar-refractivity contribution >= 4 is 102 Å². The first-order valence-corrected chi connectivity index (χ1v) is 8.80. The van der Waals surface area contributed by atoms with Crippen LogP contribution in [0.4, 0.5) is 0 Å². The van der Waals surface area contributed by atoms with E-state index in [2.05, 4.69) is 85.7 Å². The van der Waals surface area contributed by atoms with Gasteiger partial charge in [0.15, 0.2) is 0 Å². The van der Waals surface area contributed by atoms with Crippen molar-refractivity contribution in [3.05, 3.63) is 40.6 Å². The highest BCUT2D eigenvalue weighted by atomic mass is 79.9. The van der Waals surface area contributed by atoms with Crippen LogP contribution < -0.4 is 0 Å². The standard InChI is InChI=1S/C12H3Br5O/c13-4-1-5-9-8(18-12(5)7(15)2-4)3-6(14)10(16)11(9)17/h1-3H. The maximum Gasteiger partial charge on any atom is 0.149 e. The molecule has 1 nitrogen and oxygen atoms in total. The van der Waals surface area contributed by atoms with Crippen molar-refractivity contribution in [2.45, 2.75) is 0 Å². The van der Waals surface area contributed by atoms with E-state index >= 15 is 0 Å². The van der Waals surface area contributed by atoms with Gasteiger partial charge in [-0.25, -0.2) is 0 Å². The predicted octanol–water partition coefficient (Wildman–Crippen LogP) is 7.40. The summed E-state index contributed by atoms with van der Waals surface area (Å²) in [7, 11) is 0. The molecule has 18 heavy (non-hydrogen) atoms. The van der Waals surface area contributed by atoms with E-state index in [-0.39, 0.29) is 0 Å². The van der Waals surface area contributed by atoms with Gasteiger partial charge in [0.2, 0.25) is 0 Å². The molecule has 0 radical (unpaired) electrons. The second-order valence-electron chi connectivity index (χ2n) is 3.73. The molecule has 6 heteroatoms. The van der Waals surface area contributed by atoms with Gasteiger partial charge in [-0.15, -0.1) is 0 Å². The summed E-state index contributed by atoms with van der Waals surface area (Å²) in [5.41, 5.74) is 1.68. The Labute approximate surface area is 145 Å². The second kappa shape index (κ2) is 4.88. The van der Waals surface area contributed by atoms with Crippen LogP contribution in [0.25, 0.3) is 21.9 Å². The molecule has 2 aromatic carbocycles. The van der Waals surface area contributed by atoms with Crippen LogP contribution in [0.5, 0.6) is 0 Å². The first kappa shape index (κ1) is 13.6. The van der Waals surface area contributed by atoms with Crippen molar-refractivity contribution in [3.8, 4) is 0 Å². The number of hydrogen-bond donors (Lipinski definition) is 0. The van der Waals surface area contributed by atoms with E-state index in [0.29, 0.717) is 0 Å². The molecular weight excluding hydrogens is 560 g/mol. The molecule has 3 rings (SSSR count). The largest absolute Gasteiger partial charge is 0.455 e. The van der Waals surface area contributed by atoms with Gasteiger partial charge in [-0.05, 0) is 81.9 Å². The van der Waals surface area contributed by atoms with Crippen molar-refractivity contribution in [2.75, 3.05) is 0 Å². The van der Waals surface area contributed by atoms with Crippen molar-refractivity contribution < 1.29 is 4.42 Å². The third-order valence-electron chi connectivity index (χ3n) is 2.62. The smallest absolute Gasteiger partial charge is 0.149 e. The van der Waals surface area contributed by atoms with Crippen LogP contribution in [0, 0.1) is 0 Å². The molecule has 92 valence electrons. The number of rotatable bonds is 0. The van der Waals surface area contributed by atoms with Gasteiger partial charge in [0.1, 0.15) is 11.2 Å². The van der Waals surface area contributed by atoms with E-state index in [0.717, 1.165) is 44.3 Å². The molecule has 0 bridgehead atoms. The first-order chi connectivity index (χ1) is 8.49. The van der Waals surface area contributed by atoms with Crippen LogP contribution in [-0.2, 0) is 0 Å². The molecule has 0 aliphatic carbocycles. The highest BCUT2D eigenvalue weighted by Crippen LogP contribution is 2.44. The molecule has 0 aliphatic heterocycles. The van der Waals surface area contributed by atoms with Crippen molar-refractivity contribution in [1.82, 2.24) is 0 Å². The lowest BCUT2D eigenvalue weighted by Gasteiger charge is -2.01. The Morgan fingerprint density at radius 3 is 2.22 bits per heavy atom. The van der Waals surface area contributed by atoms with Gasteiger partial charge in [-0.2, -0.15) is 0 Å². The minimum atomic E-state index is 0.839. The van der Waals surface area contributed by atoms with Gasteiger partial charge >= 0.3 is 0 Å². The Morgan fingerprint density at radius 1 is 0.778 bits per heavy atom. The Balaban J connectivity index is 2.62. The molecular formula is C12H3Br5O. The maximum absolute atomic E-state index is 5.91. The molecule has 3 aromatic rings. The van der Waals surface area contributed by atoms with Gasteiger partial charge in [-0.3, -0.25) is 0 Å². The Kier molecular flexibility index (Phi) is 3.69. The zero-order valence-electron chi connectivity index (χ0n) is 8.53. The molecule has 0 N–H and O–H groups in total. The van der Waals surface area contributed by atoms with Gasteiger partial charge in [0, 0.05) is 28.7 Å². The van der Waals surface area contributed by atoms with E-state index in [1.54, 1.807) is 0 Å². The lowest BCUT2D eigenvalue weighted by atomic mass is 10.1. The molecule has 0 unspecified atom stereocenters. The second-order valence-corrected chi connectivity index (χ2v) is 7.94. The molecule has 0 saturated heterocycles. The number of hydrogen-bond acceptors (Lipinski definition) is 1. The van der Waals surface area contributed by atoms with E-state index in [9.17, 15) is 0 Å². The lowest BCUT2D eigenvalue weighted by Crippen LogP contribution is -1.76. The zero-order chi connectivity index (χ0) is 13.0. The highest BCUT2D eigenvalue weighted by Gasteiger charge is 2.17. The normalized spacial score (nSPS) is 11.6. The number of benzene rings is 2. The van der Waals surface area contributed by atoms with Gasteiger partial charge in [0.05, 0.1) is 4.47 Å². The number of fused-ring (bicyclic) bond motifs is 3. The fraction of sp³-hybridized carbons (Fsp3) is 0. The molecule has 1 heterocycles. The predicted molar refractivity (Wildman–Crippen MR) is 92.2 cm³/mol.